The second-order valence-electron chi connectivity index (χ2n) is 7.86. The smallest absolute Gasteiger partial charge is 0.233 e. The largest absolute Gasteiger partial charge is 0.366 e. The van der Waals surface area contributed by atoms with Gasteiger partial charge in [0, 0.05) is 58.4 Å². The predicted octanol–water partition coefficient (Wildman–Crippen LogP) is 2.85. The zero-order chi connectivity index (χ0) is 22.5. The fraction of sp³-hybridized carbons (Fsp3) is 0.500. The molecule has 0 radical (unpaired) electrons. The third-order valence-corrected chi connectivity index (χ3v) is 6.98. The molecule has 2 aliphatic rings. The van der Waals surface area contributed by atoms with E-state index in [0.717, 1.165) is 38.5 Å². The first-order valence-electron chi connectivity index (χ1n) is 11.0. The van der Waals surface area contributed by atoms with E-state index in [4.69, 9.17) is 11.6 Å². The van der Waals surface area contributed by atoms with Gasteiger partial charge in [-0.15, -0.1) is 0 Å². The van der Waals surface area contributed by atoms with Gasteiger partial charge in [-0.1, -0.05) is 42.4 Å². The van der Waals surface area contributed by atoms with Gasteiger partial charge in [0.2, 0.25) is 5.91 Å². The Bertz CT molecular complexity index is 934. The zero-order valence-corrected chi connectivity index (χ0v) is 19.8. The Morgan fingerprint density at radius 1 is 1.03 bits per heavy atom. The first-order chi connectivity index (χ1) is 15.5. The summed E-state index contributed by atoms with van der Waals surface area (Å²) in [6.45, 7) is 9.31. The minimum Gasteiger partial charge on any atom is -0.366 e. The SMILES string of the molecule is CCN1CCN(C(=O)CSc2nc(Cl)cc(N3CCN(c4ccccc4F)CC3)n2)CC1. The van der Waals surface area contributed by atoms with Gasteiger partial charge in [0.25, 0.3) is 0 Å². The molecule has 0 bridgehead atoms. The van der Waals surface area contributed by atoms with Crippen molar-refractivity contribution >= 4 is 40.8 Å². The highest BCUT2D eigenvalue weighted by Crippen LogP contribution is 2.25. The van der Waals surface area contributed by atoms with E-state index < -0.39 is 0 Å². The Morgan fingerprint density at radius 2 is 1.72 bits per heavy atom. The van der Waals surface area contributed by atoms with Crippen LogP contribution in [0.15, 0.2) is 35.5 Å². The van der Waals surface area contributed by atoms with Crippen LogP contribution >= 0.6 is 23.4 Å². The van der Waals surface area contributed by atoms with Crippen LogP contribution in [0.1, 0.15) is 6.92 Å². The number of amides is 1. The number of nitrogens with zero attached hydrogens (tertiary/aromatic N) is 6. The minimum atomic E-state index is -0.203. The number of thioether (sulfide) groups is 1. The summed E-state index contributed by atoms with van der Waals surface area (Å²) in [4.78, 5) is 29.9. The van der Waals surface area contributed by atoms with Gasteiger partial charge >= 0.3 is 0 Å². The fourth-order valence-electron chi connectivity index (χ4n) is 4.03. The lowest BCUT2D eigenvalue weighted by Crippen LogP contribution is -2.49. The molecule has 2 aromatic rings. The summed E-state index contributed by atoms with van der Waals surface area (Å²) in [5.74, 6) is 0.942. The van der Waals surface area contributed by atoms with E-state index in [0.29, 0.717) is 47.9 Å². The van der Waals surface area contributed by atoms with Gasteiger partial charge in [0.1, 0.15) is 16.8 Å². The Hall–Kier alpha value is -2.10. The van der Waals surface area contributed by atoms with Crippen LogP contribution in [0.4, 0.5) is 15.9 Å². The number of rotatable bonds is 6. The normalized spacial score (nSPS) is 17.7. The number of anilines is 2. The maximum Gasteiger partial charge on any atom is 0.233 e. The highest BCUT2D eigenvalue weighted by Gasteiger charge is 2.23. The van der Waals surface area contributed by atoms with Crippen molar-refractivity contribution in [2.45, 2.75) is 12.1 Å². The molecule has 4 rings (SSSR count). The average molecular weight is 479 g/mol. The minimum absolute atomic E-state index is 0.106. The Morgan fingerprint density at radius 3 is 2.41 bits per heavy atom. The molecule has 0 atom stereocenters. The van der Waals surface area contributed by atoms with Gasteiger partial charge in [0.15, 0.2) is 5.16 Å². The molecule has 2 saturated heterocycles. The molecule has 1 aromatic heterocycles. The summed E-state index contributed by atoms with van der Waals surface area (Å²) < 4.78 is 14.1. The number of halogens is 2. The molecule has 0 spiro atoms. The van der Waals surface area contributed by atoms with Crippen LogP contribution in [0.3, 0.4) is 0 Å². The van der Waals surface area contributed by atoms with Gasteiger partial charge in [-0.3, -0.25) is 4.79 Å². The lowest BCUT2D eigenvalue weighted by Gasteiger charge is -2.36. The number of carbonyl (C=O) groups is 1. The molecular formula is C22H28ClFN6OS. The molecule has 0 saturated carbocycles. The molecule has 7 nitrogen and oxygen atoms in total. The average Bonchev–Trinajstić information content (AvgIpc) is 2.83. The molecule has 10 heteroatoms. The van der Waals surface area contributed by atoms with Crippen LogP contribution in [0.25, 0.3) is 0 Å². The Kier molecular flexibility index (Phi) is 7.70. The van der Waals surface area contributed by atoms with Crippen molar-refractivity contribution in [3.63, 3.8) is 0 Å². The number of likely N-dealkylation sites (N-methyl/N-ethyl adjacent to an activating group) is 1. The third kappa shape index (κ3) is 5.63. The van der Waals surface area contributed by atoms with Gasteiger partial charge in [-0.05, 0) is 18.7 Å². The van der Waals surface area contributed by atoms with Crippen molar-refractivity contribution in [2.75, 3.05) is 74.5 Å². The number of hydrogen-bond acceptors (Lipinski definition) is 7. The zero-order valence-electron chi connectivity index (χ0n) is 18.2. The van der Waals surface area contributed by atoms with E-state index >= 15 is 0 Å². The number of para-hydroxylation sites is 1. The van der Waals surface area contributed by atoms with E-state index in [1.54, 1.807) is 18.2 Å². The van der Waals surface area contributed by atoms with Crippen LogP contribution in [0, 0.1) is 5.82 Å². The number of hydrogen-bond donors (Lipinski definition) is 0. The van der Waals surface area contributed by atoms with Crippen LogP contribution in [-0.2, 0) is 4.79 Å². The van der Waals surface area contributed by atoms with Crippen molar-refractivity contribution in [3.8, 4) is 0 Å². The fourth-order valence-corrected chi connectivity index (χ4v) is 5.01. The second kappa shape index (κ2) is 10.7. The molecule has 0 aliphatic carbocycles. The van der Waals surface area contributed by atoms with Gasteiger partial charge in [-0.2, -0.15) is 0 Å². The standard InChI is InChI=1S/C22H28ClFN6OS/c1-2-27-7-9-30(10-8-27)21(31)16-32-22-25-19(23)15-20(26-22)29-13-11-28(12-14-29)18-6-4-3-5-17(18)24/h3-6,15H,2,7-14,16H2,1H3. The van der Waals surface area contributed by atoms with Crippen LogP contribution in [-0.4, -0.2) is 90.3 Å². The van der Waals surface area contributed by atoms with Crippen molar-refractivity contribution < 1.29 is 9.18 Å². The summed E-state index contributed by atoms with van der Waals surface area (Å²) in [6, 6.07) is 8.59. The van der Waals surface area contributed by atoms with E-state index in [1.807, 2.05) is 15.9 Å². The molecule has 1 aromatic carbocycles. The van der Waals surface area contributed by atoms with Crippen molar-refractivity contribution in [1.82, 2.24) is 19.8 Å². The first-order valence-corrected chi connectivity index (χ1v) is 12.3. The lowest BCUT2D eigenvalue weighted by molar-refractivity contribution is -0.130. The molecule has 3 heterocycles. The quantitative estimate of drug-likeness (QED) is 0.359. The molecule has 32 heavy (non-hydrogen) atoms. The maximum absolute atomic E-state index is 14.1. The Balaban J connectivity index is 1.33. The number of piperazine rings is 2. The van der Waals surface area contributed by atoms with Gasteiger partial charge in [-0.25, -0.2) is 14.4 Å². The molecule has 0 unspecified atom stereocenters. The molecular weight excluding hydrogens is 451 g/mol. The monoisotopic (exact) mass is 478 g/mol. The van der Waals surface area contributed by atoms with Crippen LogP contribution in [0.2, 0.25) is 5.15 Å². The molecule has 2 aliphatic heterocycles. The van der Waals surface area contributed by atoms with Crippen LogP contribution in [0.5, 0.6) is 0 Å². The highest BCUT2D eigenvalue weighted by atomic mass is 35.5. The highest BCUT2D eigenvalue weighted by molar-refractivity contribution is 7.99. The van der Waals surface area contributed by atoms with E-state index in [-0.39, 0.29) is 11.7 Å². The summed E-state index contributed by atoms with van der Waals surface area (Å²) in [6.07, 6.45) is 0. The summed E-state index contributed by atoms with van der Waals surface area (Å²) >= 11 is 7.58. The van der Waals surface area contributed by atoms with E-state index in [2.05, 4.69) is 26.7 Å². The topological polar surface area (TPSA) is 55.8 Å². The van der Waals surface area contributed by atoms with Crippen molar-refractivity contribution in [2.24, 2.45) is 0 Å². The second-order valence-corrected chi connectivity index (χ2v) is 9.19. The summed E-state index contributed by atoms with van der Waals surface area (Å²) in [7, 11) is 0. The third-order valence-electron chi connectivity index (χ3n) is 5.95. The van der Waals surface area contributed by atoms with Gasteiger partial charge < -0.3 is 19.6 Å². The van der Waals surface area contributed by atoms with Crippen molar-refractivity contribution in [3.05, 3.63) is 41.3 Å². The summed E-state index contributed by atoms with van der Waals surface area (Å²) in [5.41, 5.74) is 0.627. The molecule has 172 valence electrons. The summed E-state index contributed by atoms with van der Waals surface area (Å²) in [5, 5.41) is 0.864. The van der Waals surface area contributed by atoms with E-state index in [9.17, 15) is 9.18 Å². The maximum atomic E-state index is 14.1. The molecule has 0 N–H and O–H groups in total. The molecule has 1 amide bonds. The van der Waals surface area contributed by atoms with Crippen LogP contribution < -0.4 is 9.80 Å². The first kappa shape index (κ1) is 23.1. The Labute approximate surface area is 197 Å². The van der Waals surface area contributed by atoms with Gasteiger partial charge in [0.05, 0.1) is 11.4 Å². The predicted molar refractivity (Wildman–Crippen MR) is 127 cm³/mol. The van der Waals surface area contributed by atoms with E-state index in [1.165, 1.54) is 17.8 Å². The molecule has 2 fully saturated rings. The number of carbonyl (C=O) groups excluding carboxylic acids is 1. The number of aromatic nitrogens is 2. The number of benzene rings is 1. The van der Waals surface area contributed by atoms with Crippen molar-refractivity contribution in [1.29, 1.82) is 0 Å². The lowest BCUT2D eigenvalue weighted by atomic mass is 10.2.